The van der Waals surface area contributed by atoms with Crippen LogP contribution in [0.1, 0.15) is 24.3 Å². The Bertz CT molecular complexity index is 403. The molecule has 1 aliphatic heterocycles. The summed E-state index contributed by atoms with van der Waals surface area (Å²) < 4.78 is 5.42. The first-order chi connectivity index (χ1) is 6.34. The Morgan fingerprint density at radius 3 is 3.38 bits per heavy atom. The lowest BCUT2D eigenvalue weighted by atomic mass is 9.98. The number of amidine groups is 1. The molecule has 0 fully saturated rings. The molecule has 1 aliphatic carbocycles. The van der Waals surface area contributed by atoms with Crippen molar-refractivity contribution >= 4 is 11.9 Å². The first-order valence-electron chi connectivity index (χ1n) is 4.41. The van der Waals surface area contributed by atoms with Crippen LogP contribution in [0.15, 0.2) is 27.8 Å². The number of hydrogen-bond acceptors (Lipinski definition) is 3. The molecular weight excluding hydrogens is 164 g/mol. The average molecular weight is 174 g/mol. The molecule has 66 valence electrons. The zero-order chi connectivity index (χ0) is 8.84. The van der Waals surface area contributed by atoms with E-state index in [1.54, 1.807) is 6.26 Å². The molecule has 2 heterocycles. The summed E-state index contributed by atoms with van der Waals surface area (Å²) in [5, 5.41) is 3.29. The van der Waals surface area contributed by atoms with E-state index < -0.39 is 0 Å². The van der Waals surface area contributed by atoms with Crippen molar-refractivity contribution in [3.05, 3.63) is 29.7 Å². The Labute approximate surface area is 76.2 Å². The van der Waals surface area contributed by atoms with Gasteiger partial charge in [0.1, 0.15) is 11.8 Å². The van der Waals surface area contributed by atoms with Crippen molar-refractivity contribution in [2.75, 3.05) is 0 Å². The molecule has 2 aliphatic rings. The molecule has 0 amide bonds. The SMILES string of the molecule is CC1=NC2c3occc3C=CC2N1. The average Bonchev–Trinajstić information content (AvgIpc) is 2.65. The Balaban J connectivity index is 2.13. The van der Waals surface area contributed by atoms with Crippen molar-refractivity contribution in [2.24, 2.45) is 4.99 Å². The van der Waals surface area contributed by atoms with E-state index in [0.717, 1.165) is 17.2 Å². The first-order valence-corrected chi connectivity index (χ1v) is 4.41. The van der Waals surface area contributed by atoms with Crippen LogP contribution < -0.4 is 5.32 Å². The zero-order valence-corrected chi connectivity index (χ0v) is 7.32. The van der Waals surface area contributed by atoms with Crippen LogP contribution in [-0.4, -0.2) is 11.9 Å². The number of fused-ring (bicyclic) bond motifs is 3. The van der Waals surface area contributed by atoms with E-state index in [1.165, 1.54) is 0 Å². The highest BCUT2D eigenvalue weighted by Gasteiger charge is 2.32. The van der Waals surface area contributed by atoms with Crippen molar-refractivity contribution in [2.45, 2.75) is 19.0 Å². The van der Waals surface area contributed by atoms with Crippen LogP contribution in [0.2, 0.25) is 0 Å². The predicted octanol–water partition coefficient (Wildman–Crippen LogP) is 1.74. The summed E-state index contributed by atoms with van der Waals surface area (Å²) in [4.78, 5) is 4.48. The molecule has 13 heavy (non-hydrogen) atoms. The highest BCUT2D eigenvalue weighted by atomic mass is 16.3. The predicted molar refractivity (Wildman–Crippen MR) is 50.5 cm³/mol. The van der Waals surface area contributed by atoms with Crippen molar-refractivity contribution < 1.29 is 4.42 Å². The normalized spacial score (nSPS) is 29.2. The topological polar surface area (TPSA) is 37.5 Å². The third kappa shape index (κ3) is 0.869. The highest BCUT2D eigenvalue weighted by molar-refractivity contribution is 5.83. The van der Waals surface area contributed by atoms with Gasteiger partial charge in [-0.15, -0.1) is 0 Å². The van der Waals surface area contributed by atoms with E-state index in [0.29, 0.717) is 6.04 Å². The number of nitrogens with zero attached hydrogens (tertiary/aromatic N) is 1. The van der Waals surface area contributed by atoms with Gasteiger partial charge in [0.15, 0.2) is 0 Å². The van der Waals surface area contributed by atoms with Gasteiger partial charge in [-0.25, -0.2) is 0 Å². The van der Waals surface area contributed by atoms with Gasteiger partial charge in [0.2, 0.25) is 0 Å². The van der Waals surface area contributed by atoms with Gasteiger partial charge in [-0.05, 0) is 13.0 Å². The second-order valence-corrected chi connectivity index (χ2v) is 3.43. The second-order valence-electron chi connectivity index (χ2n) is 3.43. The summed E-state index contributed by atoms with van der Waals surface area (Å²) in [6.45, 7) is 1.98. The van der Waals surface area contributed by atoms with E-state index in [9.17, 15) is 0 Å². The zero-order valence-electron chi connectivity index (χ0n) is 7.32. The van der Waals surface area contributed by atoms with E-state index in [4.69, 9.17) is 4.42 Å². The second kappa shape index (κ2) is 2.25. The molecule has 1 aromatic heterocycles. The third-order valence-electron chi connectivity index (χ3n) is 2.53. The van der Waals surface area contributed by atoms with Gasteiger partial charge in [-0.1, -0.05) is 12.2 Å². The minimum atomic E-state index is 0.148. The van der Waals surface area contributed by atoms with Gasteiger partial charge < -0.3 is 9.73 Å². The molecule has 1 aromatic rings. The van der Waals surface area contributed by atoms with Gasteiger partial charge in [-0.3, -0.25) is 4.99 Å². The van der Waals surface area contributed by atoms with E-state index in [-0.39, 0.29) is 6.04 Å². The van der Waals surface area contributed by atoms with Gasteiger partial charge in [0, 0.05) is 5.56 Å². The van der Waals surface area contributed by atoms with Crippen molar-refractivity contribution in [3.8, 4) is 0 Å². The molecule has 0 radical (unpaired) electrons. The monoisotopic (exact) mass is 174 g/mol. The lowest BCUT2D eigenvalue weighted by molar-refractivity contribution is 0.448. The Kier molecular flexibility index (Phi) is 1.20. The van der Waals surface area contributed by atoms with Crippen molar-refractivity contribution in [1.29, 1.82) is 0 Å². The van der Waals surface area contributed by atoms with Crippen LogP contribution >= 0.6 is 0 Å². The van der Waals surface area contributed by atoms with Gasteiger partial charge >= 0.3 is 0 Å². The fraction of sp³-hybridized carbons (Fsp3) is 0.300. The maximum atomic E-state index is 5.42. The molecule has 1 N–H and O–H groups in total. The summed E-state index contributed by atoms with van der Waals surface area (Å²) in [7, 11) is 0. The molecule has 0 saturated carbocycles. The van der Waals surface area contributed by atoms with Crippen LogP contribution in [-0.2, 0) is 0 Å². The minimum absolute atomic E-state index is 0.148. The fourth-order valence-electron chi connectivity index (χ4n) is 1.94. The summed E-state index contributed by atoms with van der Waals surface area (Å²) in [5.41, 5.74) is 1.15. The summed E-state index contributed by atoms with van der Waals surface area (Å²) in [6, 6.07) is 2.42. The lowest BCUT2D eigenvalue weighted by Crippen LogP contribution is -2.29. The van der Waals surface area contributed by atoms with Crippen LogP contribution in [0.5, 0.6) is 0 Å². The van der Waals surface area contributed by atoms with E-state index >= 15 is 0 Å². The number of aliphatic imine (C=N–C) groups is 1. The van der Waals surface area contributed by atoms with Crippen LogP contribution in [0, 0.1) is 0 Å². The Morgan fingerprint density at radius 2 is 2.46 bits per heavy atom. The molecule has 0 bridgehead atoms. The molecule has 3 nitrogen and oxygen atoms in total. The fourth-order valence-corrected chi connectivity index (χ4v) is 1.94. The molecular formula is C10H10N2O. The number of nitrogens with one attached hydrogen (secondary N) is 1. The summed E-state index contributed by atoms with van der Waals surface area (Å²) in [6.07, 6.45) is 5.95. The third-order valence-corrected chi connectivity index (χ3v) is 2.53. The van der Waals surface area contributed by atoms with Crippen molar-refractivity contribution in [3.63, 3.8) is 0 Å². The Morgan fingerprint density at radius 1 is 1.54 bits per heavy atom. The van der Waals surface area contributed by atoms with E-state index in [1.807, 2.05) is 13.0 Å². The first kappa shape index (κ1) is 6.95. The van der Waals surface area contributed by atoms with Crippen LogP contribution in [0.4, 0.5) is 0 Å². The quantitative estimate of drug-likeness (QED) is 0.650. The van der Waals surface area contributed by atoms with Crippen LogP contribution in [0.25, 0.3) is 6.08 Å². The smallest absolute Gasteiger partial charge is 0.137 e. The number of rotatable bonds is 0. The van der Waals surface area contributed by atoms with Gasteiger partial charge in [-0.2, -0.15) is 0 Å². The van der Waals surface area contributed by atoms with Crippen molar-refractivity contribution in [1.82, 2.24) is 5.32 Å². The maximum Gasteiger partial charge on any atom is 0.137 e. The van der Waals surface area contributed by atoms with Gasteiger partial charge in [0.05, 0.1) is 18.1 Å². The molecule has 0 spiro atoms. The summed E-state index contributed by atoms with van der Waals surface area (Å²) >= 11 is 0. The van der Waals surface area contributed by atoms with E-state index in [2.05, 4.69) is 22.5 Å². The standard InChI is InChI=1S/C10H10N2O/c1-6-11-8-3-2-7-4-5-13-10(7)9(8)12-6/h2-5,8-9H,1H3,(H,11,12). The minimum Gasteiger partial charge on any atom is -0.466 e. The van der Waals surface area contributed by atoms with Gasteiger partial charge in [0.25, 0.3) is 0 Å². The van der Waals surface area contributed by atoms with Crippen LogP contribution in [0.3, 0.4) is 0 Å². The number of furan rings is 1. The summed E-state index contributed by atoms with van der Waals surface area (Å²) in [5.74, 6) is 1.97. The molecule has 3 heteroatoms. The largest absolute Gasteiger partial charge is 0.466 e. The molecule has 2 unspecified atom stereocenters. The molecule has 0 aromatic carbocycles. The molecule has 3 rings (SSSR count). The molecule has 0 saturated heterocycles. The lowest BCUT2D eigenvalue weighted by Gasteiger charge is -2.17. The maximum absolute atomic E-state index is 5.42. The number of hydrogen-bond donors (Lipinski definition) is 1. The molecule has 2 atom stereocenters. The highest BCUT2D eigenvalue weighted by Crippen LogP contribution is 2.34. The Hall–Kier alpha value is -1.51.